The first-order valence-electron chi connectivity index (χ1n) is 6.66. The molecule has 1 aromatic carbocycles. The Bertz CT molecular complexity index is 536. The molecule has 0 aromatic heterocycles. The maximum atomic E-state index is 13.2. The van der Waals surface area contributed by atoms with Crippen LogP contribution in [0.2, 0.25) is 0 Å². The van der Waals surface area contributed by atoms with Gasteiger partial charge < -0.3 is 20.3 Å². The number of alkyl halides is 3. The number of ether oxygens (including phenoxy) is 1. The van der Waals surface area contributed by atoms with E-state index >= 15 is 0 Å². The molecule has 1 rings (SSSR count). The van der Waals surface area contributed by atoms with Crippen LogP contribution >= 0.6 is 0 Å². The van der Waals surface area contributed by atoms with Gasteiger partial charge in [0, 0.05) is 12.6 Å². The highest BCUT2D eigenvalue weighted by Crippen LogP contribution is 2.15. The fourth-order valence-electron chi connectivity index (χ4n) is 1.26. The smallest absolute Gasteiger partial charge is 0.489 e. The number of benzene rings is 1. The van der Waals surface area contributed by atoms with E-state index in [2.05, 4.69) is 5.32 Å². The summed E-state index contributed by atoms with van der Waals surface area (Å²) in [6, 6.07) is 6.14. The number of carboxylic acids is 2. The zero-order valence-electron chi connectivity index (χ0n) is 12.6. The first-order valence-corrected chi connectivity index (χ1v) is 6.66. The van der Waals surface area contributed by atoms with Crippen molar-refractivity contribution in [2.45, 2.75) is 25.6 Å². The van der Waals surface area contributed by atoms with Gasteiger partial charge in [0.05, 0.1) is 6.42 Å². The third kappa shape index (κ3) is 10.4. The van der Waals surface area contributed by atoms with Gasteiger partial charge in [0.15, 0.2) is 11.6 Å². The molecule has 0 saturated carbocycles. The van der Waals surface area contributed by atoms with Crippen LogP contribution in [0.15, 0.2) is 24.3 Å². The molecule has 0 bridgehead atoms. The lowest BCUT2D eigenvalue weighted by atomic mass is 10.3. The van der Waals surface area contributed by atoms with E-state index in [4.69, 9.17) is 19.7 Å². The Morgan fingerprint density at radius 1 is 1.25 bits per heavy atom. The van der Waals surface area contributed by atoms with Gasteiger partial charge >= 0.3 is 18.1 Å². The number of para-hydroxylation sites is 1. The summed E-state index contributed by atoms with van der Waals surface area (Å²) in [5, 5.41) is 18.6. The van der Waals surface area contributed by atoms with Gasteiger partial charge in [-0.3, -0.25) is 4.79 Å². The maximum Gasteiger partial charge on any atom is 0.490 e. The number of halogens is 4. The number of hydrogen-bond acceptors (Lipinski definition) is 4. The van der Waals surface area contributed by atoms with Crippen LogP contribution in [-0.4, -0.2) is 47.5 Å². The summed E-state index contributed by atoms with van der Waals surface area (Å²) in [4.78, 5) is 19.2. The fourth-order valence-corrected chi connectivity index (χ4v) is 1.26. The molecule has 1 atom stereocenters. The lowest BCUT2D eigenvalue weighted by Gasteiger charge is -2.14. The van der Waals surface area contributed by atoms with Crippen molar-refractivity contribution >= 4 is 11.9 Å². The SMILES string of the molecule is CC(COc1ccccc1F)NCCC(=O)O.O=C(O)C(F)(F)F. The third-order valence-corrected chi connectivity index (χ3v) is 2.40. The molecular formula is C14H17F4NO5. The van der Waals surface area contributed by atoms with Gasteiger partial charge in [0.25, 0.3) is 0 Å². The Balaban J connectivity index is 0.000000640. The molecule has 0 spiro atoms. The summed E-state index contributed by atoms with van der Waals surface area (Å²) in [7, 11) is 0. The van der Waals surface area contributed by atoms with Crippen LogP contribution in [0, 0.1) is 5.82 Å². The average molecular weight is 355 g/mol. The van der Waals surface area contributed by atoms with E-state index < -0.39 is 23.9 Å². The highest BCUT2D eigenvalue weighted by Gasteiger charge is 2.38. The van der Waals surface area contributed by atoms with Crippen LogP contribution in [0.25, 0.3) is 0 Å². The van der Waals surface area contributed by atoms with Crippen molar-refractivity contribution in [3.05, 3.63) is 30.1 Å². The molecular weight excluding hydrogens is 338 g/mol. The second kappa shape index (κ2) is 10.4. The number of carboxylic acid groups (broad SMARTS) is 2. The average Bonchev–Trinajstić information content (AvgIpc) is 2.45. The highest BCUT2D eigenvalue weighted by molar-refractivity contribution is 5.73. The molecule has 3 N–H and O–H groups in total. The van der Waals surface area contributed by atoms with Crippen LogP contribution in [-0.2, 0) is 9.59 Å². The molecule has 1 aromatic rings. The monoisotopic (exact) mass is 355 g/mol. The molecule has 0 heterocycles. The van der Waals surface area contributed by atoms with E-state index in [-0.39, 0.29) is 18.2 Å². The maximum absolute atomic E-state index is 13.2. The van der Waals surface area contributed by atoms with Crippen LogP contribution in [0.4, 0.5) is 17.6 Å². The molecule has 0 amide bonds. The van der Waals surface area contributed by atoms with E-state index in [1.807, 2.05) is 6.92 Å². The largest absolute Gasteiger partial charge is 0.490 e. The molecule has 0 radical (unpaired) electrons. The number of rotatable bonds is 7. The van der Waals surface area contributed by atoms with Gasteiger partial charge in [-0.1, -0.05) is 12.1 Å². The standard InChI is InChI=1S/C12H16FNO3.C2HF3O2/c1-9(14-7-6-12(15)16)8-17-11-5-3-2-4-10(11)13;3-2(4,5)1(6)7/h2-5,9,14H,6-8H2,1H3,(H,15,16);(H,6,7). The molecule has 24 heavy (non-hydrogen) atoms. The third-order valence-electron chi connectivity index (χ3n) is 2.40. The zero-order chi connectivity index (χ0) is 18.8. The summed E-state index contributed by atoms with van der Waals surface area (Å²) < 4.78 is 50.2. The number of hydrogen-bond donors (Lipinski definition) is 3. The van der Waals surface area contributed by atoms with Crippen molar-refractivity contribution in [3.63, 3.8) is 0 Å². The van der Waals surface area contributed by atoms with Crippen molar-refractivity contribution < 1.29 is 42.1 Å². The molecule has 10 heteroatoms. The predicted octanol–water partition coefficient (Wildman–Crippen LogP) is 2.29. The lowest BCUT2D eigenvalue weighted by Crippen LogP contribution is -2.33. The normalized spacial score (nSPS) is 11.9. The van der Waals surface area contributed by atoms with Gasteiger partial charge in [-0.2, -0.15) is 13.2 Å². The Kier molecular flexibility index (Phi) is 9.40. The summed E-state index contributed by atoms with van der Waals surface area (Å²) in [6.45, 7) is 2.51. The molecule has 1 unspecified atom stereocenters. The van der Waals surface area contributed by atoms with Gasteiger partial charge in [-0.15, -0.1) is 0 Å². The summed E-state index contributed by atoms with van der Waals surface area (Å²) in [6.07, 6.45) is -5.02. The van der Waals surface area contributed by atoms with E-state index in [0.717, 1.165) is 0 Å². The topological polar surface area (TPSA) is 95.9 Å². The first-order chi connectivity index (χ1) is 11.0. The molecule has 0 aliphatic carbocycles. The van der Waals surface area contributed by atoms with Crippen molar-refractivity contribution in [1.29, 1.82) is 0 Å². The molecule has 0 aliphatic heterocycles. The Labute approximate surface area is 135 Å². The van der Waals surface area contributed by atoms with E-state index in [9.17, 15) is 22.4 Å². The highest BCUT2D eigenvalue weighted by atomic mass is 19.4. The van der Waals surface area contributed by atoms with E-state index in [1.165, 1.54) is 6.07 Å². The van der Waals surface area contributed by atoms with Gasteiger partial charge in [-0.05, 0) is 19.1 Å². The van der Waals surface area contributed by atoms with Crippen molar-refractivity contribution in [3.8, 4) is 5.75 Å². The Morgan fingerprint density at radius 2 is 1.79 bits per heavy atom. The lowest BCUT2D eigenvalue weighted by molar-refractivity contribution is -0.192. The van der Waals surface area contributed by atoms with Crippen molar-refractivity contribution in [2.75, 3.05) is 13.2 Å². The number of aliphatic carboxylic acids is 2. The van der Waals surface area contributed by atoms with Crippen LogP contribution in [0.1, 0.15) is 13.3 Å². The fraction of sp³-hybridized carbons (Fsp3) is 0.429. The first kappa shape index (κ1) is 21.6. The van der Waals surface area contributed by atoms with Crippen LogP contribution < -0.4 is 10.1 Å². The second-order valence-electron chi connectivity index (χ2n) is 4.54. The minimum absolute atomic E-state index is 0.0334. The van der Waals surface area contributed by atoms with Crippen molar-refractivity contribution in [1.82, 2.24) is 5.32 Å². The molecule has 0 aliphatic rings. The van der Waals surface area contributed by atoms with Crippen molar-refractivity contribution in [2.24, 2.45) is 0 Å². The molecule has 6 nitrogen and oxygen atoms in total. The number of carbonyl (C=O) groups is 2. The summed E-state index contributed by atoms with van der Waals surface area (Å²) in [5.41, 5.74) is 0. The molecule has 0 saturated heterocycles. The van der Waals surface area contributed by atoms with Gasteiger partial charge in [0.1, 0.15) is 6.61 Å². The summed E-state index contributed by atoms with van der Waals surface area (Å²) in [5.74, 6) is -3.79. The molecule has 0 fully saturated rings. The predicted molar refractivity (Wildman–Crippen MR) is 75.3 cm³/mol. The van der Waals surface area contributed by atoms with Gasteiger partial charge in [0.2, 0.25) is 0 Å². The van der Waals surface area contributed by atoms with E-state index in [0.29, 0.717) is 13.2 Å². The molecule has 136 valence electrons. The minimum Gasteiger partial charge on any atom is -0.489 e. The van der Waals surface area contributed by atoms with E-state index in [1.54, 1.807) is 18.2 Å². The Morgan fingerprint density at radius 3 is 2.25 bits per heavy atom. The summed E-state index contributed by atoms with van der Waals surface area (Å²) >= 11 is 0. The van der Waals surface area contributed by atoms with Crippen LogP contribution in [0.3, 0.4) is 0 Å². The second-order valence-corrected chi connectivity index (χ2v) is 4.54. The minimum atomic E-state index is -5.08. The van der Waals surface area contributed by atoms with Crippen LogP contribution in [0.5, 0.6) is 5.75 Å². The number of nitrogens with one attached hydrogen (secondary N) is 1. The Hall–Kier alpha value is -2.36. The quantitative estimate of drug-likeness (QED) is 0.650. The zero-order valence-corrected chi connectivity index (χ0v) is 12.6. The van der Waals surface area contributed by atoms with Gasteiger partial charge in [-0.25, -0.2) is 9.18 Å².